The summed E-state index contributed by atoms with van der Waals surface area (Å²) < 4.78 is 5.11. The summed E-state index contributed by atoms with van der Waals surface area (Å²) >= 11 is 17.8. The third-order valence-electron chi connectivity index (χ3n) is 3.11. The molecular weight excluding hydrogens is 369 g/mol. The maximum Gasteiger partial charge on any atom is 0.407 e. The zero-order chi connectivity index (χ0) is 17.4. The maximum atomic E-state index is 11.6. The van der Waals surface area contributed by atoms with E-state index in [1.807, 2.05) is 42.5 Å². The predicted octanol–water partition coefficient (Wildman–Crippen LogP) is 5.98. The number of hydrogen-bond donors (Lipinski definition) is 1. The fourth-order valence-corrected chi connectivity index (χ4v) is 2.54. The van der Waals surface area contributed by atoms with Gasteiger partial charge in [0.25, 0.3) is 0 Å². The van der Waals surface area contributed by atoms with Crippen molar-refractivity contribution < 1.29 is 9.53 Å². The molecule has 1 N–H and O–H groups in total. The molecule has 2 aromatic rings. The molecular formula is C18H16Cl3NO2. The van der Waals surface area contributed by atoms with Crippen molar-refractivity contribution in [3.8, 4) is 0 Å². The molecule has 24 heavy (non-hydrogen) atoms. The van der Waals surface area contributed by atoms with Crippen molar-refractivity contribution in [3.63, 3.8) is 0 Å². The van der Waals surface area contributed by atoms with Crippen molar-refractivity contribution in [2.45, 2.75) is 13.0 Å². The van der Waals surface area contributed by atoms with E-state index in [1.165, 1.54) is 0 Å². The van der Waals surface area contributed by atoms with Crippen molar-refractivity contribution >= 4 is 47.0 Å². The molecule has 0 spiro atoms. The van der Waals surface area contributed by atoms with Gasteiger partial charge in [0, 0.05) is 6.54 Å². The third-order valence-corrected chi connectivity index (χ3v) is 4.31. The lowest BCUT2D eigenvalue weighted by Crippen LogP contribution is -2.24. The lowest BCUT2D eigenvalue weighted by molar-refractivity contribution is 0.140. The highest BCUT2D eigenvalue weighted by atomic mass is 35.5. The average Bonchev–Trinajstić information content (AvgIpc) is 2.58. The Hall–Kier alpha value is -1.68. The Kier molecular flexibility index (Phi) is 7.44. The Labute approximate surface area is 156 Å². The van der Waals surface area contributed by atoms with Crippen LogP contribution in [0.4, 0.5) is 4.79 Å². The summed E-state index contributed by atoms with van der Waals surface area (Å²) in [6.07, 6.45) is 3.99. The summed E-state index contributed by atoms with van der Waals surface area (Å²) in [6, 6.07) is 13.0. The van der Waals surface area contributed by atoms with E-state index in [0.29, 0.717) is 28.0 Å². The Balaban J connectivity index is 1.69. The number of benzene rings is 2. The zero-order valence-corrected chi connectivity index (χ0v) is 15.0. The largest absolute Gasteiger partial charge is 0.445 e. The van der Waals surface area contributed by atoms with E-state index in [2.05, 4.69) is 5.32 Å². The fraction of sp³-hybridized carbons (Fsp3) is 0.167. The van der Waals surface area contributed by atoms with Gasteiger partial charge in [-0.15, -0.1) is 0 Å². The van der Waals surface area contributed by atoms with E-state index < -0.39 is 6.09 Å². The Bertz CT molecular complexity index is 694. The van der Waals surface area contributed by atoms with Crippen LogP contribution in [0.25, 0.3) is 6.08 Å². The first-order valence-electron chi connectivity index (χ1n) is 7.32. The van der Waals surface area contributed by atoms with Gasteiger partial charge < -0.3 is 10.1 Å². The number of hydrogen-bond acceptors (Lipinski definition) is 2. The molecule has 0 atom stereocenters. The van der Waals surface area contributed by atoms with Gasteiger partial charge in [0.2, 0.25) is 0 Å². The van der Waals surface area contributed by atoms with Crippen LogP contribution < -0.4 is 5.32 Å². The number of amides is 1. The van der Waals surface area contributed by atoms with Gasteiger partial charge in [0.1, 0.15) is 6.61 Å². The lowest BCUT2D eigenvalue weighted by Gasteiger charge is -2.06. The van der Waals surface area contributed by atoms with Gasteiger partial charge in [0.05, 0.1) is 15.1 Å². The average molecular weight is 385 g/mol. The Morgan fingerprint density at radius 2 is 1.75 bits per heavy atom. The van der Waals surface area contributed by atoms with Gasteiger partial charge in [-0.1, -0.05) is 77.3 Å². The topological polar surface area (TPSA) is 38.3 Å². The van der Waals surface area contributed by atoms with E-state index in [9.17, 15) is 4.79 Å². The molecule has 0 saturated heterocycles. The Morgan fingerprint density at radius 1 is 1.08 bits per heavy atom. The predicted molar refractivity (Wildman–Crippen MR) is 99.8 cm³/mol. The molecule has 0 radical (unpaired) electrons. The van der Waals surface area contributed by atoms with Crippen LogP contribution in [0, 0.1) is 0 Å². The molecule has 0 aliphatic carbocycles. The zero-order valence-electron chi connectivity index (χ0n) is 12.8. The number of carbonyl (C=O) groups excluding carboxylic acids is 1. The molecule has 0 bridgehead atoms. The first kappa shape index (κ1) is 18.7. The van der Waals surface area contributed by atoms with E-state index in [-0.39, 0.29) is 6.61 Å². The van der Waals surface area contributed by atoms with E-state index in [1.54, 1.807) is 12.1 Å². The molecule has 0 saturated carbocycles. The monoisotopic (exact) mass is 383 g/mol. The number of ether oxygens (including phenoxy) is 1. The number of halogens is 3. The summed E-state index contributed by atoms with van der Waals surface area (Å²) in [5, 5.41) is 3.85. The van der Waals surface area contributed by atoms with Crippen LogP contribution in [0.5, 0.6) is 0 Å². The van der Waals surface area contributed by atoms with Crippen LogP contribution in [-0.2, 0) is 11.3 Å². The van der Waals surface area contributed by atoms with E-state index in [0.717, 1.165) is 11.1 Å². The summed E-state index contributed by atoms with van der Waals surface area (Å²) in [6.45, 7) is 0.726. The molecule has 0 unspecified atom stereocenters. The maximum absolute atomic E-state index is 11.6. The summed E-state index contributed by atoms with van der Waals surface area (Å²) in [7, 11) is 0. The molecule has 6 heteroatoms. The SMILES string of the molecule is O=C(NCCC=Cc1cc(Cl)c(Cl)c(Cl)c1)OCc1ccccc1. The minimum Gasteiger partial charge on any atom is -0.445 e. The second-order valence-corrected chi connectivity index (χ2v) is 6.17. The van der Waals surface area contributed by atoms with Crippen molar-refractivity contribution in [3.05, 3.63) is 74.7 Å². The van der Waals surface area contributed by atoms with Gasteiger partial charge in [-0.3, -0.25) is 0 Å². The van der Waals surface area contributed by atoms with Gasteiger partial charge >= 0.3 is 6.09 Å². The van der Waals surface area contributed by atoms with Gasteiger partial charge in [-0.2, -0.15) is 0 Å². The van der Waals surface area contributed by atoms with Crippen LogP contribution in [0.15, 0.2) is 48.5 Å². The first-order chi connectivity index (χ1) is 11.6. The molecule has 126 valence electrons. The summed E-state index contributed by atoms with van der Waals surface area (Å²) in [5.74, 6) is 0. The van der Waals surface area contributed by atoms with Crippen molar-refractivity contribution in [2.24, 2.45) is 0 Å². The third kappa shape index (κ3) is 6.08. The number of nitrogens with one attached hydrogen (secondary N) is 1. The lowest BCUT2D eigenvalue weighted by atomic mass is 10.2. The van der Waals surface area contributed by atoms with Crippen molar-refractivity contribution in [2.75, 3.05) is 6.54 Å². The highest BCUT2D eigenvalue weighted by molar-refractivity contribution is 6.48. The second kappa shape index (κ2) is 9.58. The molecule has 2 aromatic carbocycles. The van der Waals surface area contributed by atoms with E-state index in [4.69, 9.17) is 39.5 Å². The van der Waals surface area contributed by atoms with Crippen LogP contribution in [-0.4, -0.2) is 12.6 Å². The Morgan fingerprint density at radius 3 is 2.42 bits per heavy atom. The van der Waals surface area contributed by atoms with Gasteiger partial charge in [-0.25, -0.2) is 4.79 Å². The number of alkyl carbamates (subject to hydrolysis) is 1. The normalized spacial score (nSPS) is 10.8. The minimum absolute atomic E-state index is 0.254. The molecule has 0 aliphatic heterocycles. The van der Waals surface area contributed by atoms with Gasteiger partial charge in [-0.05, 0) is 29.7 Å². The minimum atomic E-state index is -0.440. The number of carbonyl (C=O) groups is 1. The highest BCUT2D eigenvalue weighted by Gasteiger charge is 2.04. The summed E-state index contributed by atoms with van der Waals surface area (Å²) in [4.78, 5) is 11.6. The van der Waals surface area contributed by atoms with Crippen LogP contribution in [0.3, 0.4) is 0 Å². The van der Waals surface area contributed by atoms with Crippen LogP contribution >= 0.6 is 34.8 Å². The fourth-order valence-electron chi connectivity index (χ4n) is 1.92. The first-order valence-corrected chi connectivity index (χ1v) is 8.45. The molecule has 2 rings (SSSR count). The second-order valence-electron chi connectivity index (χ2n) is 4.98. The standard InChI is InChI=1S/C18H16Cl3NO2/c19-15-10-14(11-16(20)17(15)21)8-4-5-9-22-18(23)24-12-13-6-2-1-3-7-13/h1-4,6-8,10-11H,5,9,12H2,(H,22,23). The molecule has 0 aliphatic rings. The van der Waals surface area contributed by atoms with Crippen molar-refractivity contribution in [1.82, 2.24) is 5.32 Å². The van der Waals surface area contributed by atoms with Gasteiger partial charge in [0.15, 0.2) is 0 Å². The summed E-state index contributed by atoms with van der Waals surface area (Å²) in [5.41, 5.74) is 1.80. The molecule has 0 fully saturated rings. The molecule has 3 nitrogen and oxygen atoms in total. The van der Waals surface area contributed by atoms with Crippen LogP contribution in [0.2, 0.25) is 15.1 Å². The number of rotatable bonds is 6. The van der Waals surface area contributed by atoms with E-state index >= 15 is 0 Å². The molecule has 0 aromatic heterocycles. The quantitative estimate of drug-likeness (QED) is 0.491. The van der Waals surface area contributed by atoms with Crippen LogP contribution in [0.1, 0.15) is 17.5 Å². The molecule has 1 amide bonds. The highest BCUT2D eigenvalue weighted by Crippen LogP contribution is 2.31. The molecule has 0 heterocycles. The van der Waals surface area contributed by atoms with Crippen molar-refractivity contribution in [1.29, 1.82) is 0 Å². The smallest absolute Gasteiger partial charge is 0.407 e.